The Kier molecular flexibility index (Phi) is 5.60. The van der Waals surface area contributed by atoms with Gasteiger partial charge < -0.3 is 22.5 Å². The van der Waals surface area contributed by atoms with Crippen LogP contribution in [-0.2, 0) is 25.4 Å². The topological polar surface area (TPSA) is 48.2 Å². The fourth-order valence-corrected chi connectivity index (χ4v) is 2.07. The van der Waals surface area contributed by atoms with Gasteiger partial charge in [-0.15, -0.1) is 0 Å². The lowest BCUT2D eigenvalue weighted by molar-refractivity contribution is -0.00000424. The molecule has 0 amide bonds. The molecule has 1 aromatic heterocycles. The Hall–Kier alpha value is -1.30. The van der Waals surface area contributed by atoms with E-state index in [1.165, 1.54) is 5.56 Å². The number of halogens is 1. The number of fused-ring (bicyclic) bond motifs is 1. The molecule has 1 N–H and O–H groups in total. The lowest BCUT2D eigenvalue weighted by atomic mass is 10.2. The molecule has 1 aromatic carbocycles. The van der Waals surface area contributed by atoms with Crippen LogP contribution in [0.1, 0.15) is 5.56 Å². The fraction of sp³-hybridized carbons (Fsp3) is 0.462. The average Bonchev–Trinajstić information content (AvgIpc) is 2.60. The van der Waals surface area contributed by atoms with Crippen LogP contribution in [0.15, 0.2) is 23.0 Å². The molecule has 0 saturated carbocycles. The summed E-state index contributed by atoms with van der Waals surface area (Å²) in [6, 6.07) is 6.09. The summed E-state index contributed by atoms with van der Waals surface area (Å²) in [4.78, 5) is 11.8. The van der Waals surface area contributed by atoms with Gasteiger partial charge in [0.15, 0.2) is 0 Å². The van der Waals surface area contributed by atoms with Crippen molar-refractivity contribution in [2.75, 3.05) is 20.3 Å². The summed E-state index contributed by atoms with van der Waals surface area (Å²) < 4.78 is 8.32. The molecule has 2 rings (SSSR count). The third-order valence-electron chi connectivity index (χ3n) is 3.15. The van der Waals surface area contributed by atoms with E-state index in [4.69, 9.17) is 4.74 Å². The highest BCUT2D eigenvalue weighted by atomic mass is 35.5. The van der Waals surface area contributed by atoms with E-state index in [2.05, 4.69) is 11.4 Å². The number of benzene rings is 1. The summed E-state index contributed by atoms with van der Waals surface area (Å²) in [5, 5.41) is 3.29. The van der Waals surface area contributed by atoms with Crippen LogP contribution in [0.25, 0.3) is 11.0 Å². The monoisotopic (exact) mass is 284 g/mol. The van der Waals surface area contributed by atoms with Crippen molar-refractivity contribution in [3.8, 4) is 0 Å². The third-order valence-corrected chi connectivity index (χ3v) is 3.15. The van der Waals surface area contributed by atoms with Gasteiger partial charge in [-0.3, -0.25) is 9.13 Å². The third kappa shape index (κ3) is 3.18. The van der Waals surface area contributed by atoms with Crippen LogP contribution in [0.2, 0.25) is 0 Å². The van der Waals surface area contributed by atoms with E-state index < -0.39 is 0 Å². The smallest absolute Gasteiger partial charge is 0.328 e. The highest BCUT2D eigenvalue weighted by Gasteiger charge is 2.07. The van der Waals surface area contributed by atoms with Crippen LogP contribution in [0.5, 0.6) is 0 Å². The number of methoxy groups -OCH3 is 1. The Balaban J connectivity index is 0.00000180. The van der Waals surface area contributed by atoms with E-state index >= 15 is 0 Å². The van der Waals surface area contributed by atoms with E-state index in [0.29, 0.717) is 6.61 Å². The van der Waals surface area contributed by atoms with Gasteiger partial charge in [-0.1, -0.05) is 6.07 Å². The van der Waals surface area contributed by atoms with Gasteiger partial charge in [-0.25, -0.2) is 4.79 Å². The van der Waals surface area contributed by atoms with Gasteiger partial charge in [-0.2, -0.15) is 0 Å². The summed E-state index contributed by atoms with van der Waals surface area (Å²) in [7, 11) is 5.28. The summed E-state index contributed by atoms with van der Waals surface area (Å²) in [6.07, 6.45) is 0. The maximum absolute atomic E-state index is 11.8. The molecule has 106 valence electrons. The van der Waals surface area contributed by atoms with Crippen LogP contribution in [0, 0.1) is 0 Å². The average molecular weight is 285 g/mol. The van der Waals surface area contributed by atoms with Gasteiger partial charge in [0.2, 0.25) is 0 Å². The summed E-state index contributed by atoms with van der Waals surface area (Å²) in [5.74, 6) is 0. The molecule has 0 aliphatic rings. The molecule has 0 aliphatic carbocycles. The number of nitrogens with zero attached hydrogens (tertiary/aromatic N) is 2. The van der Waals surface area contributed by atoms with Crippen molar-refractivity contribution in [1.82, 2.24) is 14.5 Å². The van der Waals surface area contributed by atoms with Gasteiger partial charge in [0, 0.05) is 34.3 Å². The van der Waals surface area contributed by atoms with Crippen molar-refractivity contribution >= 4 is 11.0 Å². The molecule has 0 atom stereocenters. The molecule has 0 saturated heterocycles. The van der Waals surface area contributed by atoms with E-state index in [9.17, 15) is 4.79 Å². The molecule has 19 heavy (non-hydrogen) atoms. The van der Waals surface area contributed by atoms with Crippen molar-refractivity contribution in [2.45, 2.75) is 6.54 Å². The molecule has 0 bridgehead atoms. The van der Waals surface area contributed by atoms with Crippen LogP contribution in [-0.4, -0.2) is 29.4 Å². The first-order chi connectivity index (χ1) is 8.65. The minimum atomic E-state index is 0. The summed E-state index contributed by atoms with van der Waals surface area (Å²) in [6.45, 7) is 2.30. The Bertz CT molecular complexity index is 604. The predicted molar refractivity (Wildman–Crippen MR) is 71.7 cm³/mol. The summed E-state index contributed by atoms with van der Waals surface area (Å²) >= 11 is 0. The number of hydrogen-bond donors (Lipinski definition) is 1. The van der Waals surface area contributed by atoms with Crippen LogP contribution < -0.4 is 23.4 Å². The Morgan fingerprint density at radius 3 is 2.58 bits per heavy atom. The molecular weight excluding hydrogens is 266 g/mol. The lowest BCUT2D eigenvalue weighted by Crippen LogP contribution is -3.00. The van der Waals surface area contributed by atoms with Gasteiger partial charge in [0.05, 0.1) is 17.6 Å². The number of hydrogen-bond acceptors (Lipinski definition) is 3. The van der Waals surface area contributed by atoms with Gasteiger partial charge >= 0.3 is 5.69 Å². The molecule has 6 heteroatoms. The molecule has 0 unspecified atom stereocenters. The number of nitrogens with one attached hydrogen (secondary N) is 1. The van der Waals surface area contributed by atoms with Gasteiger partial charge in [0.25, 0.3) is 0 Å². The number of aryl methyl sites for hydroxylation is 2. The molecule has 1 heterocycles. The molecule has 0 aliphatic heterocycles. The number of rotatable bonds is 5. The highest BCUT2D eigenvalue weighted by molar-refractivity contribution is 5.76. The van der Waals surface area contributed by atoms with Crippen molar-refractivity contribution in [2.24, 2.45) is 14.1 Å². The zero-order valence-corrected chi connectivity index (χ0v) is 12.2. The number of aromatic nitrogens is 2. The largest absolute Gasteiger partial charge is 1.00 e. The van der Waals surface area contributed by atoms with Crippen LogP contribution in [0.3, 0.4) is 0 Å². The Morgan fingerprint density at radius 1 is 1.21 bits per heavy atom. The SMILES string of the molecule is COCCNCc1ccc2c(c1)n(C)c(=O)n2C.[Cl-]. The molecule has 5 nitrogen and oxygen atoms in total. The van der Waals surface area contributed by atoms with Crippen molar-refractivity contribution in [3.63, 3.8) is 0 Å². The van der Waals surface area contributed by atoms with E-state index in [-0.39, 0.29) is 18.1 Å². The minimum Gasteiger partial charge on any atom is -1.00 e. The standard InChI is InChI=1S/C13H19N3O2.ClH/c1-15-11-5-4-10(9-14-6-7-18-3)8-12(11)16(2)13(15)17;/h4-5,8,14H,6-7,9H2,1-3H3;1H/p-1. The first kappa shape index (κ1) is 15.8. The van der Waals surface area contributed by atoms with Crippen molar-refractivity contribution in [1.29, 1.82) is 0 Å². The van der Waals surface area contributed by atoms with Gasteiger partial charge in [0.1, 0.15) is 0 Å². The molecular formula is C13H19ClN3O2-. The fourth-order valence-electron chi connectivity index (χ4n) is 2.07. The van der Waals surface area contributed by atoms with Gasteiger partial charge in [-0.05, 0) is 17.7 Å². The Labute approximate surface area is 118 Å². The number of ether oxygens (including phenoxy) is 1. The highest BCUT2D eigenvalue weighted by Crippen LogP contribution is 2.13. The normalized spacial score (nSPS) is 10.7. The molecule has 2 aromatic rings. The second-order valence-electron chi connectivity index (χ2n) is 4.39. The predicted octanol–water partition coefficient (Wildman–Crippen LogP) is -2.38. The Morgan fingerprint density at radius 2 is 1.89 bits per heavy atom. The molecule has 0 spiro atoms. The lowest BCUT2D eigenvalue weighted by Gasteiger charge is -2.05. The van der Waals surface area contributed by atoms with Crippen LogP contribution >= 0.6 is 0 Å². The van der Waals surface area contributed by atoms with E-state index in [1.807, 2.05) is 12.1 Å². The minimum absolute atomic E-state index is 0. The van der Waals surface area contributed by atoms with Crippen LogP contribution in [0.4, 0.5) is 0 Å². The zero-order valence-electron chi connectivity index (χ0n) is 11.4. The van der Waals surface area contributed by atoms with E-state index in [0.717, 1.165) is 24.1 Å². The van der Waals surface area contributed by atoms with E-state index in [1.54, 1.807) is 30.3 Å². The first-order valence-corrected chi connectivity index (χ1v) is 5.99. The molecule has 0 fully saturated rings. The first-order valence-electron chi connectivity index (χ1n) is 5.99. The maximum Gasteiger partial charge on any atom is 0.328 e. The maximum atomic E-state index is 11.8. The summed E-state index contributed by atoms with van der Waals surface area (Å²) in [5.41, 5.74) is 3.10. The second kappa shape index (κ2) is 6.75. The quantitative estimate of drug-likeness (QED) is 0.624. The second-order valence-corrected chi connectivity index (χ2v) is 4.39. The molecule has 0 radical (unpaired) electrons. The zero-order chi connectivity index (χ0) is 13.1. The van der Waals surface area contributed by atoms with Crippen molar-refractivity contribution < 1.29 is 17.1 Å². The van der Waals surface area contributed by atoms with Crippen molar-refractivity contribution in [3.05, 3.63) is 34.2 Å². The number of imidazole rings is 1.